The second-order valence-electron chi connectivity index (χ2n) is 3.89. The number of methoxy groups -OCH3 is 2. The molecule has 100 valence electrons. The van der Waals surface area contributed by atoms with Crippen LogP contribution in [0, 0.1) is 0 Å². The van der Waals surface area contributed by atoms with Gasteiger partial charge in [-0.2, -0.15) is 0 Å². The number of ether oxygens (including phenoxy) is 3. The van der Waals surface area contributed by atoms with Gasteiger partial charge in [-0.15, -0.1) is 0 Å². The lowest BCUT2D eigenvalue weighted by atomic mass is 10.1. The molecular weight excluding hydrogens is 248 g/mol. The van der Waals surface area contributed by atoms with Crippen LogP contribution in [0.3, 0.4) is 0 Å². The third kappa shape index (κ3) is 2.61. The fourth-order valence-electron chi connectivity index (χ4n) is 1.81. The number of aromatic hydroxyl groups is 1. The van der Waals surface area contributed by atoms with Crippen molar-refractivity contribution in [2.24, 2.45) is 0 Å². The van der Waals surface area contributed by atoms with Gasteiger partial charge in [0, 0.05) is 12.5 Å². The lowest BCUT2D eigenvalue weighted by Gasteiger charge is -2.10. The highest BCUT2D eigenvalue weighted by atomic mass is 16.7. The van der Waals surface area contributed by atoms with E-state index in [0.29, 0.717) is 11.1 Å². The molecule has 0 bridgehead atoms. The Morgan fingerprint density at radius 1 is 1.26 bits per heavy atom. The van der Waals surface area contributed by atoms with Crippen LogP contribution in [0.25, 0.3) is 10.8 Å². The number of hydrogen-bond acceptors (Lipinski definition) is 5. The number of rotatable bonds is 4. The lowest BCUT2D eigenvalue weighted by molar-refractivity contribution is 0.0522. The Bertz CT molecular complexity index is 606. The monoisotopic (exact) mass is 262 g/mol. The number of phenolic OH excluding ortho intramolecular Hbond substituents is 1. The van der Waals surface area contributed by atoms with E-state index < -0.39 is 5.97 Å². The van der Waals surface area contributed by atoms with Crippen molar-refractivity contribution in [3.63, 3.8) is 0 Å². The number of hydrogen-bond donors (Lipinski definition) is 1. The second kappa shape index (κ2) is 5.58. The van der Waals surface area contributed by atoms with Crippen LogP contribution in [-0.2, 0) is 9.47 Å². The van der Waals surface area contributed by atoms with Crippen LogP contribution in [0.5, 0.6) is 11.5 Å². The molecular formula is C14H14O5. The fourth-order valence-corrected chi connectivity index (χ4v) is 1.81. The zero-order valence-electron chi connectivity index (χ0n) is 10.7. The van der Waals surface area contributed by atoms with Gasteiger partial charge in [-0.25, -0.2) is 4.79 Å². The Kier molecular flexibility index (Phi) is 3.87. The summed E-state index contributed by atoms with van der Waals surface area (Å²) in [7, 11) is 2.79. The summed E-state index contributed by atoms with van der Waals surface area (Å²) >= 11 is 0. The molecule has 0 atom stereocenters. The van der Waals surface area contributed by atoms with Gasteiger partial charge >= 0.3 is 5.97 Å². The Morgan fingerprint density at radius 2 is 2.05 bits per heavy atom. The summed E-state index contributed by atoms with van der Waals surface area (Å²) in [5.41, 5.74) is 0.124. The molecule has 0 aliphatic heterocycles. The fraction of sp³-hybridized carbons (Fsp3) is 0.214. The Morgan fingerprint density at radius 3 is 2.74 bits per heavy atom. The SMILES string of the molecule is COCOc1cccc2cc(C(=O)OC)c(O)cc12. The van der Waals surface area contributed by atoms with Crippen molar-refractivity contribution < 1.29 is 24.1 Å². The van der Waals surface area contributed by atoms with Gasteiger partial charge in [0.2, 0.25) is 0 Å². The molecule has 0 aliphatic carbocycles. The predicted octanol–water partition coefficient (Wildman–Crippen LogP) is 2.31. The minimum absolute atomic E-state index is 0.110. The molecule has 0 saturated heterocycles. The number of phenols is 1. The molecule has 2 aromatic carbocycles. The van der Waals surface area contributed by atoms with Crippen molar-refractivity contribution in [1.29, 1.82) is 0 Å². The molecule has 19 heavy (non-hydrogen) atoms. The first-order valence-electron chi connectivity index (χ1n) is 5.63. The third-order valence-electron chi connectivity index (χ3n) is 2.69. The molecule has 1 N–H and O–H groups in total. The summed E-state index contributed by atoms with van der Waals surface area (Å²) in [4.78, 5) is 11.5. The summed E-state index contributed by atoms with van der Waals surface area (Å²) in [6.45, 7) is 0.110. The number of benzene rings is 2. The highest BCUT2D eigenvalue weighted by molar-refractivity contribution is 6.00. The van der Waals surface area contributed by atoms with Gasteiger partial charge < -0.3 is 19.3 Å². The molecule has 0 fully saturated rings. The second-order valence-corrected chi connectivity index (χ2v) is 3.89. The standard InChI is InChI=1S/C14H14O5/c1-17-8-19-13-5-3-4-9-6-11(14(16)18-2)12(15)7-10(9)13/h3-7,15H,8H2,1-2H3. The van der Waals surface area contributed by atoms with Crippen LogP contribution in [0.2, 0.25) is 0 Å². The van der Waals surface area contributed by atoms with Crippen molar-refractivity contribution in [3.05, 3.63) is 35.9 Å². The average Bonchev–Trinajstić information content (AvgIpc) is 2.43. The minimum Gasteiger partial charge on any atom is -0.507 e. The maximum absolute atomic E-state index is 11.5. The van der Waals surface area contributed by atoms with Crippen molar-refractivity contribution in [3.8, 4) is 11.5 Å². The Balaban J connectivity index is 2.53. The highest BCUT2D eigenvalue weighted by Crippen LogP contribution is 2.31. The van der Waals surface area contributed by atoms with E-state index in [4.69, 9.17) is 9.47 Å². The molecule has 5 heteroatoms. The highest BCUT2D eigenvalue weighted by Gasteiger charge is 2.14. The maximum Gasteiger partial charge on any atom is 0.341 e. The molecule has 0 spiro atoms. The predicted molar refractivity (Wildman–Crippen MR) is 69.5 cm³/mol. The number of esters is 1. The maximum atomic E-state index is 11.5. The molecule has 0 heterocycles. The third-order valence-corrected chi connectivity index (χ3v) is 2.69. The van der Waals surface area contributed by atoms with Gasteiger partial charge in [0.1, 0.15) is 17.1 Å². The molecule has 0 radical (unpaired) electrons. The quantitative estimate of drug-likeness (QED) is 0.676. The van der Waals surface area contributed by atoms with E-state index in [1.807, 2.05) is 6.07 Å². The zero-order chi connectivity index (χ0) is 13.8. The summed E-state index contributed by atoms with van der Waals surface area (Å²) < 4.78 is 14.9. The van der Waals surface area contributed by atoms with E-state index in [2.05, 4.69) is 4.74 Å². The smallest absolute Gasteiger partial charge is 0.341 e. The Hall–Kier alpha value is -2.27. The number of carbonyl (C=O) groups excluding carboxylic acids is 1. The van der Waals surface area contributed by atoms with E-state index in [1.165, 1.54) is 20.3 Å². The summed E-state index contributed by atoms with van der Waals surface area (Å²) in [5.74, 6) is -0.151. The van der Waals surface area contributed by atoms with E-state index >= 15 is 0 Å². The van der Waals surface area contributed by atoms with E-state index in [0.717, 1.165) is 5.39 Å². The van der Waals surface area contributed by atoms with E-state index in [9.17, 15) is 9.90 Å². The van der Waals surface area contributed by atoms with Gasteiger partial charge in [0.05, 0.1) is 7.11 Å². The molecule has 0 aromatic heterocycles. The Labute approximate surface area is 110 Å². The molecule has 5 nitrogen and oxygen atoms in total. The molecule has 0 amide bonds. The molecule has 0 saturated carbocycles. The first-order chi connectivity index (χ1) is 9.17. The van der Waals surface area contributed by atoms with Crippen LogP contribution >= 0.6 is 0 Å². The zero-order valence-corrected chi connectivity index (χ0v) is 10.7. The first-order valence-corrected chi connectivity index (χ1v) is 5.63. The summed E-state index contributed by atoms with van der Waals surface area (Å²) in [5, 5.41) is 11.3. The summed E-state index contributed by atoms with van der Waals surface area (Å²) in [6, 6.07) is 8.42. The van der Waals surface area contributed by atoms with Crippen molar-refractivity contribution in [2.45, 2.75) is 0 Å². The lowest BCUT2D eigenvalue weighted by Crippen LogP contribution is -2.02. The average molecular weight is 262 g/mol. The van der Waals surface area contributed by atoms with Gasteiger partial charge in [0.15, 0.2) is 6.79 Å². The van der Waals surface area contributed by atoms with Gasteiger partial charge in [-0.1, -0.05) is 12.1 Å². The number of carbonyl (C=O) groups is 1. The number of fused-ring (bicyclic) bond motifs is 1. The van der Waals surface area contributed by atoms with Gasteiger partial charge in [-0.3, -0.25) is 0 Å². The van der Waals surface area contributed by atoms with Gasteiger partial charge in [0.25, 0.3) is 0 Å². The molecule has 0 aliphatic rings. The van der Waals surface area contributed by atoms with Crippen LogP contribution < -0.4 is 4.74 Å². The van der Waals surface area contributed by atoms with Crippen molar-refractivity contribution >= 4 is 16.7 Å². The van der Waals surface area contributed by atoms with Crippen molar-refractivity contribution in [2.75, 3.05) is 21.0 Å². The van der Waals surface area contributed by atoms with Crippen LogP contribution in [-0.4, -0.2) is 32.1 Å². The van der Waals surface area contributed by atoms with E-state index in [1.54, 1.807) is 18.2 Å². The molecule has 0 unspecified atom stereocenters. The van der Waals surface area contributed by atoms with Crippen LogP contribution in [0.4, 0.5) is 0 Å². The normalized spacial score (nSPS) is 10.4. The first kappa shape index (κ1) is 13.2. The van der Waals surface area contributed by atoms with Crippen LogP contribution in [0.15, 0.2) is 30.3 Å². The van der Waals surface area contributed by atoms with Gasteiger partial charge in [-0.05, 0) is 23.6 Å². The van der Waals surface area contributed by atoms with Crippen LogP contribution in [0.1, 0.15) is 10.4 Å². The van der Waals surface area contributed by atoms with E-state index in [-0.39, 0.29) is 18.1 Å². The summed E-state index contributed by atoms with van der Waals surface area (Å²) in [6.07, 6.45) is 0. The largest absolute Gasteiger partial charge is 0.507 e. The molecule has 2 aromatic rings. The minimum atomic E-state index is -0.581. The van der Waals surface area contributed by atoms with Crippen molar-refractivity contribution in [1.82, 2.24) is 0 Å². The molecule has 2 rings (SSSR count). The topological polar surface area (TPSA) is 65.0 Å².